The maximum Gasteiger partial charge on any atom is 0.113 e. The second-order valence-corrected chi connectivity index (χ2v) is 5.32. The van der Waals surface area contributed by atoms with Gasteiger partial charge < -0.3 is 9.47 Å². The summed E-state index contributed by atoms with van der Waals surface area (Å²) < 4.78 is 13.0. The van der Waals surface area contributed by atoms with E-state index in [-0.39, 0.29) is 0 Å². The fourth-order valence-corrected chi connectivity index (χ4v) is 2.93. The van der Waals surface area contributed by atoms with Crippen molar-refractivity contribution < 1.29 is 9.47 Å². The lowest BCUT2D eigenvalue weighted by molar-refractivity contribution is 0.0228. The molecule has 0 unspecified atom stereocenters. The van der Waals surface area contributed by atoms with Crippen LogP contribution in [-0.4, -0.2) is 52.3 Å². The smallest absolute Gasteiger partial charge is 0.113 e. The van der Waals surface area contributed by atoms with E-state index < -0.39 is 0 Å². The molecule has 1 fully saturated rings. The fraction of sp³-hybridized carbons (Fsp3) is 0.714. The Bertz CT molecular complexity index is 454. The van der Waals surface area contributed by atoms with E-state index in [1.165, 1.54) is 5.69 Å². The van der Waals surface area contributed by atoms with Crippen molar-refractivity contribution in [2.45, 2.75) is 38.6 Å². The van der Waals surface area contributed by atoms with Crippen LogP contribution < -0.4 is 0 Å². The minimum Gasteiger partial charge on any atom is -0.381 e. The summed E-state index contributed by atoms with van der Waals surface area (Å²) in [6.45, 7) is 9.38. The summed E-state index contributed by atoms with van der Waals surface area (Å²) in [6.07, 6.45) is 4.01. The van der Waals surface area contributed by atoms with Crippen molar-refractivity contribution in [3.05, 3.63) is 24.0 Å². The monoisotopic (exact) mass is 278 g/mol. The molecule has 0 radical (unpaired) electrons. The zero-order valence-corrected chi connectivity index (χ0v) is 11.8. The van der Waals surface area contributed by atoms with Gasteiger partial charge in [0.05, 0.1) is 25.5 Å². The lowest BCUT2D eigenvalue weighted by atomic mass is 10.1. The Morgan fingerprint density at radius 3 is 3.00 bits per heavy atom. The molecule has 3 heterocycles. The van der Waals surface area contributed by atoms with Gasteiger partial charge in [-0.25, -0.2) is 4.68 Å². The summed E-state index contributed by atoms with van der Waals surface area (Å²) in [5.74, 6) is 0. The van der Waals surface area contributed by atoms with Gasteiger partial charge in [0.15, 0.2) is 0 Å². The molecule has 110 valence electrons. The Kier molecular flexibility index (Phi) is 4.44. The van der Waals surface area contributed by atoms with Crippen LogP contribution in [0, 0.1) is 0 Å². The van der Waals surface area contributed by atoms with Gasteiger partial charge in [-0.15, -0.1) is 11.7 Å². The molecule has 0 aliphatic carbocycles. The van der Waals surface area contributed by atoms with Crippen molar-refractivity contribution in [1.29, 1.82) is 0 Å². The van der Waals surface area contributed by atoms with E-state index in [4.69, 9.17) is 9.47 Å². The van der Waals surface area contributed by atoms with Crippen LogP contribution >= 0.6 is 0 Å². The maximum absolute atomic E-state index is 5.50. The first kappa shape index (κ1) is 13.7. The number of rotatable bonds is 5. The molecule has 0 bridgehead atoms. The number of hydrogen-bond donors (Lipinski definition) is 0. The third kappa shape index (κ3) is 2.92. The van der Waals surface area contributed by atoms with Crippen molar-refractivity contribution in [2.24, 2.45) is 0 Å². The van der Waals surface area contributed by atoms with Gasteiger partial charge >= 0.3 is 0 Å². The third-order valence-corrected chi connectivity index (χ3v) is 4.05. The van der Waals surface area contributed by atoms with Gasteiger partial charge in [0.25, 0.3) is 0 Å². The highest BCUT2D eigenvalue weighted by Crippen LogP contribution is 2.22. The Hall–Kier alpha value is -1.24. The molecule has 2 aliphatic rings. The van der Waals surface area contributed by atoms with Crippen LogP contribution in [0.5, 0.6) is 0 Å². The zero-order valence-electron chi connectivity index (χ0n) is 11.8. The molecule has 6 heteroatoms. The molecule has 1 aromatic rings. The topological polar surface area (TPSA) is 52.4 Å². The molecule has 0 spiro atoms. The Labute approximate surface area is 119 Å². The van der Waals surface area contributed by atoms with Crippen molar-refractivity contribution in [1.82, 2.24) is 19.9 Å². The normalized spacial score (nSPS) is 20.8. The SMILES string of the molecule is C=CCOCc1nnn2c1CN(C1CCOCC1)CC2. The predicted molar refractivity (Wildman–Crippen MR) is 74.1 cm³/mol. The summed E-state index contributed by atoms with van der Waals surface area (Å²) in [4.78, 5) is 2.54. The van der Waals surface area contributed by atoms with E-state index in [1.807, 2.05) is 4.68 Å². The summed E-state index contributed by atoms with van der Waals surface area (Å²) in [6, 6.07) is 0.634. The molecule has 1 aromatic heterocycles. The first-order chi connectivity index (χ1) is 9.88. The Balaban J connectivity index is 1.65. The van der Waals surface area contributed by atoms with Gasteiger partial charge in [-0.3, -0.25) is 4.90 Å². The summed E-state index contributed by atoms with van der Waals surface area (Å²) in [5.41, 5.74) is 2.16. The lowest BCUT2D eigenvalue weighted by Crippen LogP contribution is -2.44. The molecule has 0 atom stereocenters. The number of hydrogen-bond acceptors (Lipinski definition) is 5. The quantitative estimate of drug-likeness (QED) is 0.593. The van der Waals surface area contributed by atoms with Crippen LogP contribution in [0.25, 0.3) is 0 Å². The van der Waals surface area contributed by atoms with Gasteiger partial charge in [0, 0.05) is 32.3 Å². The minimum absolute atomic E-state index is 0.517. The molecule has 1 saturated heterocycles. The summed E-state index contributed by atoms with van der Waals surface area (Å²) in [7, 11) is 0. The van der Waals surface area contributed by atoms with E-state index in [0.717, 1.165) is 51.4 Å². The largest absolute Gasteiger partial charge is 0.381 e. The molecule has 3 rings (SSSR count). The first-order valence-corrected chi connectivity index (χ1v) is 7.30. The van der Waals surface area contributed by atoms with E-state index in [0.29, 0.717) is 19.3 Å². The van der Waals surface area contributed by atoms with Gasteiger partial charge in [-0.05, 0) is 12.8 Å². The molecule has 0 saturated carbocycles. The number of ether oxygens (including phenoxy) is 2. The number of aromatic nitrogens is 3. The highest BCUT2D eigenvalue weighted by molar-refractivity contribution is 5.11. The van der Waals surface area contributed by atoms with Crippen LogP contribution in [0.3, 0.4) is 0 Å². The number of nitrogens with zero attached hydrogens (tertiary/aromatic N) is 4. The second-order valence-electron chi connectivity index (χ2n) is 5.32. The van der Waals surface area contributed by atoms with Gasteiger partial charge in [0.1, 0.15) is 5.69 Å². The van der Waals surface area contributed by atoms with Crippen LogP contribution in [0.15, 0.2) is 12.7 Å². The molecule has 20 heavy (non-hydrogen) atoms. The fourth-order valence-electron chi connectivity index (χ4n) is 2.93. The van der Waals surface area contributed by atoms with Crippen LogP contribution in [-0.2, 0) is 29.2 Å². The summed E-state index contributed by atoms with van der Waals surface area (Å²) >= 11 is 0. The van der Waals surface area contributed by atoms with Crippen molar-refractivity contribution in [3.63, 3.8) is 0 Å². The lowest BCUT2D eigenvalue weighted by Gasteiger charge is -2.36. The molecular weight excluding hydrogens is 256 g/mol. The molecule has 2 aliphatic heterocycles. The van der Waals surface area contributed by atoms with Gasteiger partial charge in [0.2, 0.25) is 0 Å². The van der Waals surface area contributed by atoms with E-state index >= 15 is 0 Å². The van der Waals surface area contributed by atoms with Crippen LogP contribution in [0.4, 0.5) is 0 Å². The Morgan fingerprint density at radius 1 is 1.35 bits per heavy atom. The van der Waals surface area contributed by atoms with Gasteiger partial charge in [-0.2, -0.15) is 0 Å². The number of fused-ring (bicyclic) bond motifs is 1. The first-order valence-electron chi connectivity index (χ1n) is 7.30. The average Bonchev–Trinajstić information content (AvgIpc) is 2.91. The molecular formula is C14H22N4O2. The van der Waals surface area contributed by atoms with Crippen molar-refractivity contribution >= 4 is 0 Å². The zero-order chi connectivity index (χ0) is 13.8. The van der Waals surface area contributed by atoms with Gasteiger partial charge in [-0.1, -0.05) is 11.3 Å². The molecule has 0 aromatic carbocycles. The molecule has 0 N–H and O–H groups in total. The third-order valence-electron chi connectivity index (χ3n) is 4.05. The van der Waals surface area contributed by atoms with Crippen LogP contribution in [0.1, 0.15) is 24.2 Å². The maximum atomic E-state index is 5.50. The minimum atomic E-state index is 0.517. The van der Waals surface area contributed by atoms with E-state index in [2.05, 4.69) is 21.8 Å². The van der Waals surface area contributed by atoms with Crippen molar-refractivity contribution in [3.8, 4) is 0 Å². The highest BCUT2D eigenvalue weighted by Gasteiger charge is 2.27. The van der Waals surface area contributed by atoms with E-state index in [1.54, 1.807) is 6.08 Å². The highest BCUT2D eigenvalue weighted by atomic mass is 16.5. The van der Waals surface area contributed by atoms with E-state index in [9.17, 15) is 0 Å². The Morgan fingerprint density at radius 2 is 2.20 bits per heavy atom. The van der Waals surface area contributed by atoms with Crippen LogP contribution in [0.2, 0.25) is 0 Å². The van der Waals surface area contributed by atoms with Crippen molar-refractivity contribution in [2.75, 3.05) is 26.4 Å². The predicted octanol–water partition coefficient (Wildman–Crippen LogP) is 0.975. The standard InChI is InChI=1S/C14H22N4O2/c1-2-7-20-11-13-14-10-17(5-6-18(14)16-15-13)12-3-8-19-9-4-12/h2,12H,1,3-11H2. The summed E-state index contributed by atoms with van der Waals surface area (Å²) in [5, 5.41) is 8.48. The molecule has 6 nitrogen and oxygen atoms in total. The second kappa shape index (κ2) is 6.47. The average molecular weight is 278 g/mol. The molecule has 0 amide bonds.